The Morgan fingerprint density at radius 1 is 1.19 bits per heavy atom. The van der Waals surface area contributed by atoms with Crippen molar-refractivity contribution in [2.24, 2.45) is 4.99 Å². The minimum Gasteiger partial charge on any atom is -0.493 e. The van der Waals surface area contributed by atoms with Crippen LogP contribution in [0.4, 0.5) is 0 Å². The third-order valence-corrected chi connectivity index (χ3v) is 2.93. The highest BCUT2D eigenvalue weighted by Gasteiger charge is 2.18. The molecule has 0 bridgehead atoms. The first-order valence-corrected chi connectivity index (χ1v) is 5.45. The highest BCUT2D eigenvalue weighted by Crippen LogP contribution is 2.33. The molecular weight excluding hydrogens is 202 g/mol. The lowest BCUT2D eigenvalue weighted by molar-refractivity contribution is 0.354. The van der Waals surface area contributed by atoms with E-state index in [0.717, 1.165) is 23.6 Å². The number of nitrogens with zero attached hydrogens (tertiary/aromatic N) is 1. The fraction of sp³-hybridized carbons (Fsp3) is 0.462. The van der Waals surface area contributed by atoms with Crippen molar-refractivity contribution in [2.45, 2.75) is 26.3 Å². The highest BCUT2D eigenvalue weighted by atomic mass is 16.5. The highest BCUT2D eigenvalue weighted by molar-refractivity contribution is 6.01. The van der Waals surface area contributed by atoms with Crippen molar-refractivity contribution < 1.29 is 9.47 Å². The molecule has 1 atom stereocenters. The molecule has 0 N–H and O–H groups in total. The van der Waals surface area contributed by atoms with Crippen LogP contribution in [-0.4, -0.2) is 26.0 Å². The summed E-state index contributed by atoms with van der Waals surface area (Å²) in [4.78, 5) is 4.58. The Balaban J connectivity index is 2.54. The summed E-state index contributed by atoms with van der Waals surface area (Å²) in [5, 5.41) is 0. The Morgan fingerprint density at radius 3 is 2.44 bits per heavy atom. The van der Waals surface area contributed by atoms with Crippen LogP contribution in [0.25, 0.3) is 0 Å². The van der Waals surface area contributed by atoms with E-state index in [1.165, 1.54) is 11.1 Å². The van der Waals surface area contributed by atoms with Crippen LogP contribution in [0.5, 0.6) is 11.5 Å². The summed E-state index contributed by atoms with van der Waals surface area (Å²) < 4.78 is 10.6. The molecule has 0 aromatic heterocycles. The minimum atomic E-state index is 0.352. The van der Waals surface area contributed by atoms with Crippen LogP contribution in [-0.2, 0) is 6.42 Å². The molecule has 0 amide bonds. The van der Waals surface area contributed by atoms with Crippen molar-refractivity contribution in [2.75, 3.05) is 14.2 Å². The summed E-state index contributed by atoms with van der Waals surface area (Å²) in [5.41, 5.74) is 3.54. The van der Waals surface area contributed by atoms with Crippen LogP contribution in [0.15, 0.2) is 17.1 Å². The van der Waals surface area contributed by atoms with E-state index in [2.05, 4.69) is 18.0 Å². The normalized spacial score (nSPS) is 18.8. The second-order valence-electron chi connectivity index (χ2n) is 4.13. The number of methoxy groups -OCH3 is 2. The van der Waals surface area contributed by atoms with Crippen molar-refractivity contribution in [3.8, 4) is 11.5 Å². The van der Waals surface area contributed by atoms with Crippen molar-refractivity contribution in [1.82, 2.24) is 0 Å². The molecule has 0 spiro atoms. The SMILES string of the molecule is COc1cc2c(cc1OC)C(C)=N[C@H](C)C2. The van der Waals surface area contributed by atoms with E-state index in [0.29, 0.717) is 6.04 Å². The molecule has 1 heterocycles. The fourth-order valence-electron chi connectivity index (χ4n) is 2.19. The Labute approximate surface area is 96.1 Å². The van der Waals surface area contributed by atoms with Gasteiger partial charge in [-0.3, -0.25) is 4.99 Å². The number of rotatable bonds is 2. The number of aliphatic imine (C=N–C) groups is 1. The van der Waals surface area contributed by atoms with Crippen LogP contribution in [0.1, 0.15) is 25.0 Å². The first kappa shape index (κ1) is 11.0. The lowest BCUT2D eigenvalue weighted by atomic mass is 9.94. The predicted octanol–water partition coefficient (Wildman–Crippen LogP) is 2.46. The summed E-state index contributed by atoms with van der Waals surface area (Å²) in [6, 6.07) is 4.42. The van der Waals surface area contributed by atoms with Crippen molar-refractivity contribution in [3.05, 3.63) is 23.3 Å². The molecule has 1 aromatic rings. The average Bonchev–Trinajstić information content (AvgIpc) is 2.27. The molecule has 0 unspecified atom stereocenters. The van der Waals surface area contributed by atoms with Crippen LogP contribution < -0.4 is 9.47 Å². The Morgan fingerprint density at radius 2 is 1.81 bits per heavy atom. The molecule has 3 heteroatoms. The third-order valence-electron chi connectivity index (χ3n) is 2.93. The fourth-order valence-corrected chi connectivity index (χ4v) is 2.19. The first-order valence-electron chi connectivity index (χ1n) is 5.45. The number of fused-ring (bicyclic) bond motifs is 1. The van der Waals surface area contributed by atoms with Gasteiger partial charge in [0.2, 0.25) is 0 Å². The maximum absolute atomic E-state index is 5.31. The van der Waals surface area contributed by atoms with Gasteiger partial charge in [-0.15, -0.1) is 0 Å². The molecular formula is C13H17NO2. The van der Waals surface area contributed by atoms with Gasteiger partial charge in [0.25, 0.3) is 0 Å². The summed E-state index contributed by atoms with van der Waals surface area (Å²) in [6.07, 6.45) is 0.965. The lowest BCUT2D eigenvalue weighted by Crippen LogP contribution is -2.17. The maximum Gasteiger partial charge on any atom is 0.161 e. The van der Waals surface area contributed by atoms with E-state index in [1.54, 1.807) is 14.2 Å². The van der Waals surface area contributed by atoms with E-state index in [1.807, 2.05) is 13.0 Å². The first-order chi connectivity index (χ1) is 7.65. The van der Waals surface area contributed by atoms with E-state index in [-0.39, 0.29) is 0 Å². The van der Waals surface area contributed by atoms with Gasteiger partial charge in [-0.05, 0) is 38.0 Å². The monoisotopic (exact) mass is 219 g/mol. The third kappa shape index (κ3) is 1.77. The van der Waals surface area contributed by atoms with Gasteiger partial charge in [-0.2, -0.15) is 0 Å². The molecule has 0 saturated heterocycles. The Kier molecular flexibility index (Phi) is 2.86. The molecule has 1 aromatic carbocycles. The summed E-state index contributed by atoms with van der Waals surface area (Å²) in [7, 11) is 3.32. The Bertz CT molecular complexity index is 438. The van der Waals surface area contributed by atoms with E-state index in [4.69, 9.17) is 9.47 Å². The van der Waals surface area contributed by atoms with Gasteiger partial charge in [0.1, 0.15) is 0 Å². The molecule has 0 fully saturated rings. The zero-order valence-electron chi connectivity index (χ0n) is 10.2. The molecule has 1 aliphatic heterocycles. The summed E-state index contributed by atoms with van der Waals surface area (Å²) in [5.74, 6) is 1.56. The molecule has 0 saturated carbocycles. The minimum absolute atomic E-state index is 0.352. The predicted molar refractivity (Wildman–Crippen MR) is 64.9 cm³/mol. The molecule has 0 aliphatic carbocycles. The number of ether oxygens (including phenoxy) is 2. The second-order valence-corrected chi connectivity index (χ2v) is 4.13. The van der Waals surface area contributed by atoms with Crippen LogP contribution in [0.3, 0.4) is 0 Å². The largest absolute Gasteiger partial charge is 0.493 e. The van der Waals surface area contributed by atoms with Crippen LogP contribution >= 0.6 is 0 Å². The van der Waals surface area contributed by atoms with Crippen molar-refractivity contribution in [3.63, 3.8) is 0 Å². The molecule has 2 rings (SSSR count). The van der Waals surface area contributed by atoms with Crippen LogP contribution in [0, 0.1) is 0 Å². The number of benzene rings is 1. The van der Waals surface area contributed by atoms with Crippen molar-refractivity contribution >= 4 is 5.71 Å². The summed E-state index contributed by atoms with van der Waals surface area (Å²) in [6.45, 7) is 4.17. The smallest absolute Gasteiger partial charge is 0.161 e. The van der Waals surface area contributed by atoms with Crippen LogP contribution in [0.2, 0.25) is 0 Å². The van der Waals surface area contributed by atoms with Gasteiger partial charge in [-0.25, -0.2) is 0 Å². The number of hydrogen-bond donors (Lipinski definition) is 0. The van der Waals surface area contributed by atoms with E-state index >= 15 is 0 Å². The van der Waals surface area contributed by atoms with Gasteiger partial charge in [-0.1, -0.05) is 0 Å². The molecule has 1 aliphatic rings. The molecule has 16 heavy (non-hydrogen) atoms. The van der Waals surface area contributed by atoms with Gasteiger partial charge in [0, 0.05) is 11.3 Å². The van der Waals surface area contributed by atoms with Crippen molar-refractivity contribution in [1.29, 1.82) is 0 Å². The Hall–Kier alpha value is -1.51. The van der Waals surface area contributed by atoms with E-state index in [9.17, 15) is 0 Å². The van der Waals surface area contributed by atoms with Gasteiger partial charge < -0.3 is 9.47 Å². The lowest BCUT2D eigenvalue weighted by Gasteiger charge is -2.21. The quantitative estimate of drug-likeness (QED) is 0.765. The maximum atomic E-state index is 5.31. The average molecular weight is 219 g/mol. The second kappa shape index (κ2) is 4.16. The van der Waals surface area contributed by atoms with Gasteiger partial charge >= 0.3 is 0 Å². The standard InChI is InChI=1S/C13H17NO2/c1-8-5-10-6-12(15-3)13(16-4)7-11(10)9(2)14-8/h6-8H,5H2,1-4H3/t8-/m1/s1. The van der Waals surface area contributed by atoms with Gasteiger partial charge in [0.15, 0.2) is 11.5 Å². The molecule has 3 nitrogen and oxygen atoms in total. The van der Waals surface area contributed by atoms with E-state index < -0.39 is 0 Å². The topological polar surface area (TPSA) is 30.8 Å². The zero-order valence-corrected chi connectivity index (χ0v) is 10.2. The summed E-state index contributed by atoms with van der Waals surface area (Å²) >= 11 is 0. The molecule has 0 radical (unpaired) electrons. The molecule has 86 valence electrons. The zero-order chi connectivity index (χ0) is 11.7. The number of hydrogen-bond acceptors (Lipinski definition) is 3. The van der Waals surface area contributed by atoms with Gasteiger partial charge in [0.05, 0.1) is 20.3 Å².